The van der Waals surface area contributed by atoms with E-state index in [0.717, 1.165) is 32.1 Å². The van der Waals surface area contributed by atoms with Crippen LogP contribution in [0, 0.1) is 5.92 Å². The van der Waals surface area contributed by atoms with Gasteiger partial charge in [-0.05, 0) is 25.2 Å². The maximum atomic E-state index is 12.9. The number of nitrogens with zero attached hydrogens (tertiary/aromatic N) is 1. The molecule has 1 rings (SSSR count). The van der Waals surface area contributed by atoms with Crippen LogP contribution >= 0.6 is 0 Å². The Morgan fingerprint density at radius 1 is 1.10 bits per heavy atom. The van der Waals surface area contributed by atoms with Gasteiger partial charge in [-0.25, -0.2) is 0 Å². The van der Waals surface area contributed by atoms with Gasteiger partial charge in [-0.2, -0.15) is 0 Å². The van der Waals surface area contributed by atoms with E-state index >= 15 is 0 Å². The zero-order valence-electron chi connectivity index (χ0n) is 14.3. The monoisotopic (exact) mass is 296 g/mol. The first-order chi connectivity index (χ1) is 9.97. The normalized spacial score (nSPS) is 24.4. The molecule has 4 heteroatoms. The predicted octanol–water partition coefficient (Wildman–Crippen LogP) is 3.11. The van der Waals surface area contributed by atoms with Crippen molar-refractivity contribution in [3.05, 3.63) is 0 Å². The summed E-state index contributed by atoms with van der Waals surface area (Å²) in [6.45, 7) is 10.3. The van der Waals surface area contributed by atoms with Crippen LogP contribution in [0.15, 0.2) is 0 Å². The van der Waals surface area contributed by atoms with Gasteiger partial charge in [0.25, 0.3) is 0 Å². The molecule has 0 aromatic heterocycles. The maximum absolute atomic E-state index is 12.9. The molecule has 1 heterocycles. The SMILES string of the molecule is CCCCC(CCC)N1C(=O)C(C(C)C)NC(=O)C1CC. The van der Waals surface area contributed by atoms with Gasteiger partial charge in [-0.15, -0.1) is 0 Å². The van der Waals surface area contributed by atoms with Gasteiger partial charge in [0, 0.05) is 6.04 Å². The summed E-state index contributed by atoms with van der Waals surface area (Å²) in [6, 6.07) is -0.443. The molecule has 122 valence electrons. The Hall–Kier alpha value is -1.06. The molecule has 1 saturated heterocycles. The minimum atomic E-state index is -0.360. The number of hydrogen-bond donors (Lipinski definition) is 1. The number of hydrogen-bond acceptors (Lipinski definition) is 2. The number of unbranched alkanes of at least 4 members (excludes halogenated alkanes) is 1. The lowest BCUT2D eigenvalue weighted by molar-refractivity contribution is -0.154. The fourth-order valence-electron chi connectivity index (χ4n) is 3.22. The number of rotatable bonds is 8. The smallest absolute Gasteiger partial charge is 0.246 e. The summed E-state index contributed by atoms with van der Waals surface area (Å²) in [5.74, 6) is 0.273. The number of nitrogens with one attached hydrogen (secondary N) is 1. The van der Waals surface area contributed by atoms with Gasteiger partial charge in [0.2, 0.25) is 11.8 Å². The van der Waals surface area contributed by atoms with Crippen LogP contribution in [0.25, 0.3) is 0 Å². The molecule has 0 saturated carbocycles. The van der Waals surface area contributed by atoms with Gasteiger partial charge in [-0.3, -0.25) is 9.59 Å². The largest absolute Gasteiger partial charge is 0.342 e. The topological polar surface area (TPSA) is 49.4 Å². The lowest BCUT2D eigenvalue weighted by Gasteiger charge is -2.44. The van der Waals surface area contributed by atoms with E-state index in [1.807, 2.05) is 25.7 Å². The van der Waals surface area contributed by atoms with Gasteiger partial charge in [0.05, 0.1) is 0 Å². The van der Waals surface area contributed by atoms with Crippen molar-refractivity contribution in [2.45, 2.75) is 91.3 Å². The average molecular weight is 296 g/mol. The number of piperazine rings is 1. The summed E-state index contributed by atoms with van der Waals surface area (Å²) < 4.78 is 0. The Balaban J connectivity index is 3.02. The molecule has 0 bridgehead atoms. The highest BCUT2D eigenvalue weighted by Crippen LogP contribution is 2.25. The van der Waals surface area contributed by atoms with E-state index in [2.05, 4.69) is 19.2 Å². The zero-order valence-corrected chi connectivity index (χ0v) is 14.3. The van der Waals surface area contributed by atoms with Crippen molar-refractivity contribution < 1.29 is 9.59 Å². The van der Waals surface area contributed by atoms with E-state index in [1.54, 1.807) is 0 Å². The van der Waals surface area contributed by atoms with Crippen LogP contribution in [-0.2, 0) is 9.59 Å². The van der Waals surface area contributed by atoms with Gasteiger partial charge in [-0.1, -0.05) is 53.9 Å². The molecule has 0 aliphatic carbocycles. The third-order valence-corrected chi connectivity index (χ3v) is 4.42. The first kappa shape index (κ1) is 18.0. The molecule has 1 aliphatic rings. The average Bonchev–Trinajstić information content (AvgIpc) is 2.45. The first-order valence-corrected chi connectivity index (χ1v) is 8.60. The molecular weight excluding hydrogens is 264 g/mol. The summed E-state index contributed by atoms with van der Waals surface area (Å²) in [7, 11) is 0. The van der Waals surface area contributed by atoms with E-state index in [9.17, 15) is 9.59 Å². The Kier molecular flexibility index (Phi) is 7.20. The van der Waals surface area contributed by atoms with Crippen LogP contribution < -0.4 is 5.32 Å². The van der Waals surface area contributed by atoms with Gasteiger partial charge in [0.1, 0.15) is 12.1 Å². The Bertz CT molecular complexity index is 355. The minimum absolute atomic E-state index is 0.0217. The molecule has 1 aliphatic heterocycles. The molecule has 1 fully saturated rings. The van der Waals surface area contributed by atoms with Gasteiger partial charge in [0.15, 0.2) is 0 Å². The minimum Gasteiger partial charge on any atom is -0.342 e. The standard InChI is InChI=1S/C17H32N2O2/c1-6-9-11-13(10-7-2)19-14(8-3)16(20)18-15(12(4)5)17(19)21/h12-15H,6-11H2,1-5H3,(H,18,20). The van der Waals surface area contributed by atoms with Gasteiger partial charge >= 0.3 is 0 Å². The van der Waals surface area contributed by atoms with Crippen molar-refractivity contribution in [1.82, 2.24) is 10.2 Å². The van der Waals surface area contributed by atoms with E-state index in [0.29, 0.717) is 6.42 Å². The third-order valence-electron chi connectivity index (χ3n) is 4.42. The van der Waals surface area contributed by atoms with Crippen LogP contribution in [0.3, 0.4) is 0 Å². The first-order valence-electron chi connectivity index (χ1n) is 8.60. The molecule has 1 N–H and O–H groups in total. The second-order valence-electron chi connectivity index (χ2n) is 6.48. The van der Waals surface area contributed by atoms with E-state index in [4.69, 9.17) is 0 Å². The molecule has 3 atom stereocenters. The second kappa shape index (κ2) is 8.40. The molecule has 0 radical (unpaired) electrons. The molecule has 0 spiro atoms. The molecule has 0 aromatic carbocycles. The lowest BCUT2D eigenvalue weighted by atomic mass is 9.92. The summed E-state index contributed by atoms with van der Waals surface area (Å²) in [4.78, 5) is 27.2. The van der Waals surface area contributed by atoms with Crippen molar-refractivity contribution in [3.63, 3.8) is 0 Å². The van der Waals surface area contributed by atoms with Crippen LogP contribution in [0.4, 0.5) is 0 Å². The highest BCUT2D eigenvalue weighted by molar-refractivity contribution is 5.97. The summed E-state index contributed by atoms with van der Waals surface area (Å²) in [6.07, 6.45) is 5.96. The van der Waals surface area contributed by atoms with E-state index < -0.39 is 0 Å². The number of carbonyl (C=O) groups excluding carboxylic acids is 2. The van der Waals surface area contributed by atoms with Crippen LogP contribution in [0.5, 0.6) is 0 Å². The maximum Gasteiger partial charge on any atom is 0.246 e. The molecule has 3 unspecified atom stereocenters. The number of amides is 2. The molecule has 2 amide bonds. The van der Waals surface area contributed by atoms with Crippen molar-refractivity contribution in [2.24, 2.45) is 5.92 Å². The Labute approximate surface area is 129 Å². The Morgan fingerprint density at radius 2 is 1.76 bits per heavy atom. The highest BCUT2D eigenvalue weighted by Gasteiger charge is 2.43. The number of carbonyl (C=O) groups is 2. The molecular formula is C17H32N2O2. The van der Waals surface area contributed by atoms with Crippen LogP contribution in [-0.4, -0.2) is 34.8 Å². The highest BCUT2D eigenvalue weighted by atomic mass is 16.2. The van der Waals surface area contributed by atoms with Crippen molar-refractivity contribution in [3.8, 4) is 0 Å². The summed E-state index contributed by atoms with van der Waals surface area (Å²) in [5.41, 5.74) is 0. The second-order valence-corrected chi connectivity index (χ2v) is 6.48. The van der Waals surface area contributed by atoms with Crippen LogP contribution in [0.1, 0.15) is 73.1 Å². The fourth-order valence-corrected chi connectivity index (χ4v) is 3.22. The van der Waals surface area contributed by atoms with E-state index in [1.165, 1.54) is 0 Å². The van der Waals surface area contributed by atoms with E-state index in [-0.39, 0.29) is 35.9 Å². The predicted molar refractivity (Wildman–Crippen MR) is 85.9 cm³/mol. The quantitative estimate of drug-likeness (QED) is 0.748. The Morgan fingerprint density at radius 3 is 2.24 bits per heavy atom. The van der Waals surface area contributed by atoms with Crippen molar-refractivity contribution >= 4 is 11.8 Å². The molecule has 0 aromatic rings. The third kappa shape index (κ3) is 4.21. The van der Waals surface area contributed by atoms with Crippen molar-refractivity contribution in [2.75, 3.05) is 0 Å². The summed E-state index contributed by atoms with van der Waals surface area (Å²) >= 11 is 0. The van der Waals surface area contributed by atoms with Crippen molar-refractivity contribution in [1.29, 1.82) is 0 Å². The molecule has 21 heavy (non-hydrogen) atoms. The fraction of sp³-hybridized carbons (Fsp3) is 0.882. The molecule has 4 nitrogen and oxygen atoms in total. The van der Waals surface area contributed by atoms with Gasteiger partial charge < -0.3 is 10.2 Å². The lowest BCUT2D eigenvalue weighted by Crippen LogP contribution is -2.66. The zero-order chi connectivity index (χ0) is 16.0. The summed E-state index contributed by atoms with van der Waals surface area (Å²) in [5, 5.41) is 2.92. The van der Waals surface area contributed by atoms with Crippen LogP contribution in [0.2, 0.25) is 0 Å².